The fourth-order valence-electron chi connectivity index (χ4n) is 1.90. The van der Waals surface area contributed by atoms with Crippen LogP contribution in [0, 0.1) is 0 Å². The van der Waals surface area contributed by atoms with Gasteiger partial charge >= 0.3 is 0 Å². The minimum Gasteiger partial charge on any atom is -0.508 e. The first-order valence-electron chi connectivity index (χ1n) is 5.94. The average Bonchev–Trinajstić information content (AvgIpc) is 2.34. The van der Waals surface area contributed by atoms with Gasteiger partial charge in [-0.3, -0.25) is 0 Å². The van der Waals surface area contributed by atoms with Crippen LogP contribution in [-0.4, -0.2) is 16.6 Å². The number of rotatable bonds is 4. The van der Waals surface area contributed by atoms with Crippen LogP contribution in [-0.2, 0) is 6.54 Å². The van der Waals surface area contributed by atoms with Crippen LogP contribution >= 0.6 is 23.2 Å². The van der Waals surface area contributed by atoms with Crippen LogP contribution < -0.4 is 4.90 Å². The zero-order valence-corrected chi connectivity index (χ0v) is 12.0. The van der Waals surface area contributed by atoms with Crippen LogP contribution in [0.25, 0.3) is 0 Å². The predicted octanol–water partition coefficient (Wildman–Crippen LogP) is 4.12. The van der Waals surface area contributed by atoms with Crippen molar-refractivity contribution in [2.75, 3.05) is 11.4 Å². The van der Waals surface area contributed by atoms with E-state index in [1.54, 1.807) is 24.3 Å². The van der Waals surface area contributed by atoms with Crippen LogP contribution in [0.15, 0.2) is 36.4 Å². The zero-order valence-electron chi connectivity index (χ0n) is 10.5. The van der Waals surface area contributed by atoms with Crippen molar-refractivity contribution >= 4 is 28.9 Å². The summed E-state index contributed by atoms with van der Waals surface area (Å²) in [4.78, 5) is 6.04. The molecule has 0 amide bonds. The first-order valence-corrected chi connectivity index (χ1v) is 6.70. The summed E-state index contributed by atoms with van der Waals surface area (Å²) in [5, 5.41) is 10.3. The lowest BCUT2D eigenvalue weighted by Gasteiger charge is -2.23. The molecule has 0 radical (unpaired) electrons. The standard InChI is InChI=1S/C14H14Cl2N2O/c1-2-18(11-4-3-5-12(19)8-11)9-10-6-13(15)17-14(16)7-10/h3-8,19H,2,9H2,1H3. The number of aromatic nitrogens is 1. The molecule has 0 bridgehead atoms. The van der Waals surface area contributed by atoms with Crippen LogP contribution in [0.2, 0.25) is 10.3 Å². The van der Waals surface area contributed by atoms with Crippen molar-refractivity contribution in [1.82, 2.24) is 4.98 Å². The van der Waals surface area contributed by atoms with E-state index in [9.17, 15) is 5.11 Å². The summed E-state index contributed by atoms with van der Waals surface area (Å²) in [5.74, 6) is 0.252. The molecule has 1 heterocycles. The molecular weight excluding hydrogens is 283 g/mol. The van der Waals surface area contributed by atoms with E-state index in [-0.39, 0.29) is 5.75 Å². The number of hydrogen-bond donors (Lipinski definition) is 1. The fourth-order valence-corrected chi connectivity index (χ4v) is 2.41. The molecule has 0 saturated carbocycles. The lowest BCUT2D eigenvalue weighted by molar-refractivity contribution is 0.475. The molecule has 1 aromatic carbocycles. The van der Waals surface area contributed by atoms with Gasteiger partial charge in [0.15, 0.2) is 0 Å². The molecule has 0 unspecified atom stereocenters. The maximum absolute atomic E-state index is 9.53. The second kappa shape index (κ2) is 6.13. The number of pyridine rings is 1. The van der Waals surface area contributed by atoms with Crippen LogP contribution in [0.5, 0.6) is 5.75 Å². The first kappa shape index (κ1) is 14.0. The molecule has 0 aliphatic carbocycles. The summed E-state index contributed by atoms with van der Waals surface area (Å²) in [6, 6.07) is 10.7. The first-order chi connectivity index (χ1) is 9.08. The molecule has 1 N–H and O–H groups in total. The third-order valence-electron chi connectivity index (χ3n) is 2.77. The van der Waals surface area contributed by atoms with Gasteiger partial charge in [0.05, 0.1) is 0 Å². The second-order valence-electron chi connectivity index (χ2n) is 4.15. The minimum atomic E-state index is 0.252. The molecule has 0 aliphatic heterocycles. The number of benzene rings is 1. The van der Waals surface area contributed by atoms with Crippen molar-refractivity contribution in [3.05, 3.63) is 52.3 Å². The van der Waals surface area contributed by atoms with E-state index in [2.05, 4.69) is 16.8 Å². The third-order valence-corrected chi connectivity index (χ3v) is 3.16. The molecule has 5 heteroatoms. The van der Waals surface area contributed by atoms with E-state index in [4.69, 9.17) is 23.2 Å². The number of anilines is 1. The van der Waals surface area contributed by atoms with Gasteiger partial charge < -0.3 is 10.0 Å². The van der Waals surface area contributed by atoms with Gasteiger partial charge in [-0.2, -0.15) is 0 Å². The van der Waals surface area contributed by atoms with Crippen molar-refractivity contribution in [1.29, 1.82) is 0 Å². The van der Waals surface area contributed by atoms with Gasteiger partial charge in [-0.1, -0.05) is 29.3 Å². The molecular formula is C14H14Cl2N2O. The molecule has 0 atom stereocenters. The van der Waals surface area contributed by atoms with E-state index in [0.29, 0.717) is 16.9 Å². The summed E-state index contributed by atoms with van der Waals surface area (Å²) in [5.41, 5.74) is 1.93. The Morgan fingerprint density at radius 3 is 2.42 bits per heavy atom. The number of halogens is 2. The summed E-state index contributed by atoms with van der Waals surface area (Å²) in [6.45, 7) is 3.51. The molecule has 0 saturated heterocycles. The van der Waals surface area contributed by atoms with Gasteiger partial charge in [0.2, 0.25) is 0 Å². The topological polar surface area (TPSA) is 36.4 Å². The Kier molecular flexibility index (Phi) is 4.51. The molecule has 1 aromatic heterocycles. The van der Waals surface area contributed by atoms with E-state index >= 15 is 0 Å². The molecule has 0 aliphatic rings. The van der Waals surface area contributed by atoms with Crippen molar-refractivity contribution in [2.45, 2.75) is 13.5 Å². The Hall–Kier alpha value is -1.45. The highest BCUT2D eigenvalue weighted by Crippen LogP contribution is 2.23. The summed E-state index contributed by atoms with van der Waals surface area (Å²) < 4.78 is 0. The highest BCUT2D eigenvalue weighted by Gasteiger charge is 2.08. The average molecular weight is 297 g/mol. The monoisotopic (exact) mass is 296 g/mol. The van der Waals surface area contributed by atoms with Crippen molar-refractivity contribution in [2.24, 2.45) is 0 Å². The third kappa shape index (κ3) is 3.75. The molecule has 0 spiro atoms. The van der Waals surface area contributed by atoms with Gasteiger partial charge in [0.1, 0.15) is 16.1 Å². The smallest absolute Gasteiger partial charge is 0.131 e. The quantitative estimate of drug-likeness (QED) is 0.862. The summed E-state index contributed by atoms with van der Waals surface area (Å²) in [7, 11) is 0. The van der Waals surface area contributed by atoms with E-state index in [1.807, 2.05) is 12.1 Å². The van der Waals surface area contributed by atoms with E-state index in [0.717, 1.165) is 17.8 Å². The largest absolute Gasteiger partial charge is 0.508 e. The molecule has 2 rings (SSSR count). The second-order valence-corrected chi connectivity index (χ2v) is 4.93. The minimum absolute atomic E-state index is 0.252. The van der Waals surface area contributed by atoms with Crippen molar-refractivity contribution < 1.29 is 5.11 Å². The number of aromatic hydroxyl groups is 1. The Morgan fingerprint density at radius 1 is 1.16 bits per heavy atom. The SMILES string of the molecule is CCN(Cc1cc(Cl)nc(Cl)c1)c1cccc(O)c1. The number of phenolic OH excluding ortho intramolecular Hbond substituents is 1. The Bertz CT molecular complexity index is 555. The molecule has 2 aromatic rings. The number of phenols is 1. The zero-order chi connectivity index (χ0) is 13.8. The van der Waals surface area contributed by atoms with Crippen LogP contribution in [0.1, 0.15) is 12.5 Å². The van der Waals surface area contributed by atoms with Crippen LogP contribution in [0.3, 0.4) is 0 Å². The van der Waals surface area contributed by atoms with Gasteiger partial charge in [0, 0.05) is 24.8 Å². The lowest BCUT2D eigenvalue weighted by Crippen LogP contribution is -2.21. The van der Waals surface area contributed by atoms with Gasteiger partial charge in [-0.15, -0.1) is 0 Å². The maximum Gasteiger partial charge on any atom is 0.131 e. The molecule has 3 nitrogen and oxygen atoms in total. The number of hydrogen-bond acceptors (Lipinski definition) is 3. The normalized spacial score (nSPS) is 10.5. The highest BCUT2D eigenvalue weighted by molar-refractivity contribution is 6.32. The molecule has 0 fully saturated rings. The maximum atomic E-state index is 9.53. The van der Waals surface area contributed by atoms with E-state index < -0.39 is 0 Å². The van der Waals surface area contributed by atoms with Gasteiger partial charge in [-0.05, 0) is 36.8 Å². The lowest BCUT2D eigenvalue weighted by atomic mass is 10.2. The van der Waals surface area contributed by atoms with Gasteiger partial charge in [0.25, 0.3) is 0 Å². The summed E-state index contributed by atoms with van der Waals surface area (Å²) in [6.07, 6.45) is 0. The predicted molar refractivity (Wildman–Crippen MR) is 79.1 cm³/mol. The molecule has 19 heavy (non-hydrogen) atoms. The Balaban J connectivity index is 2.23. The van der Waals surface area contributed by atoms with Crippen molar-refractivity contribution in [3.63, 3.8) is 0 Å². The number of nitrogens with zero attached hydrogens (tertiary/aromatic N) is 2. The fraction of sp³-hybridized carbons (Fsp3) is 0.214. The Labute approximate surface area is 122 Å². The van der Waals surface area contributed by atoms with Gasteiger partial charge in [-0.25, -0.2) is 4.98 Å². The molecule has 100 valence electrons. The highest BCUT2D eigenvalue weighted by atomic mass is 35.5. The Morgan fingerprint density at radius 2 is 1.84 bits per heavy atom. The van der Waals surface area contributed by atoms with Crippen molar-refractivity contribution in [3.8, 4) is 5.75 Å². The van der Waals surface area contributed by atoms with Crippen LogP contribution in [0.4, 0.5) is 5.69 Å². The van der Waals surface area contributed by atoms with E-state index in [1.165, 1.54) is 0 Å². The summed E-state index contributed by atoms with van der Waals surface area (Å²) >= 11 is 11.8.